The quantitative estimate of drug-likeness (QED) is 0.650. The molecule has 0 spiro atoms. The van der Waals surface area contributed by atoms with Gasteiger partial charge in [-0.05, 0) is 18.1 Å². The molecule has 2 heterocycles. The van der Waals surface area contributed by atoms with E-state index in [0.717, 1.165) is 5.69 Å². The Balaban J connectivity index is 2.54. The van der Waals surface area contributed by atoms with E-state index in [2.05, 4.69) is 36.3 Å². The average Bonchev–Trinajstić information content (AvgIpc) is 2.49. The number of rotatable bonds is 1. The van der Waals surface area contributed by atoms with E-state index >= 15 is 0 Å². The second-order valence-electron chi connectivity index (χ2n) is 3.22. The maximum Gasteiger partial charge on any atom is 0.0721 e. The summed E-state index contributed by atoms with van der Waals surface area (Å²) in [4.78, 5) is 5.67. The molecule has 12 heavy (non-hydrogen) atoms. The van der Waals surface area contributed by atoms with E-state index < -0.39 is 0 Å². The van der Waals surface area contributed by atoms with Crippen molar-refractivity contribution in [3.05, 3.63) is 28.6 Å². The maximum absolute atomic E-state index is 4.27. The lowest BCUT2D eigenvalue weighted by Crippen LogP contribution is -1.85. The number of hydrogen-bond acceptors (Lipinski definition) is 2. The summed E-state index contributed by atoms with van der Waals surface area (Å²) in [6.45, 7) is 4.42. The van der Waals surface area contributed by atoms with Gasteiger partial charge in [-0.3, -0.25) is 4.98 Å². The molecule has 0 saturated carbocycles. The Morgan fingerprint density at radius 1 is 1.42 bits per heavy atom. The minimum absolute atomic E-state index is 0.607. The van der Waals surface area contributed by atoms with Gasteiger partial charge in [0, 0.05) is 22.0 Å². The number of nitrogens with zero attached hydrogens (tertiary/aromatic N) is 1. The van der Waals surface area contributed by atoms with Gasteiger partial charge in [-0.2, -0.15) is 0 Å². The first-order valence-electron chi connectivity index (χ1n) is 4.10. The second-order valence-corrected chi connectivity index (χ2v) is 4.17. The summed E-state index contributed by atoms with van der Waals surface area (Å²) in [5.74, 6) is 0.607. The molecule has 0 aromatic rings. The average molecular weight is 177 g/mol. The predicted molar refractivity (Wildman–Crippen MR) is 52.8 cm³/mol. The summed E-state index contributed by atoms with van der Waals surface area (Å²) in [5.41, 5.74) is 2.38. The Morgan fingerprint density at radius 3 is 3.00 bits per heavy atom. The fourth-order valence-corrected chi connectivity index (χ4v) is 2.10. The Morgan fingerprint density at radius 2 is 2.25 bits per heavy atom. The highest BCUT2D eigenvalue weighted by Gasteiger charge is 2.06. The largest absolute Gasteiger partial charge is 0.256 e. The van der Waals surface area contributed by atoms with E-state index in [1.165, 1.54) is 10.4 Å². The Hall–Kier alpha value is -0.890. The first kappa shape index (κ1) is 7.74. The molecule has 0 aromatic carbocycles. The topological polar surface area (TPSA) is 12.9 Å². The van der Waals surface area contributed by atoms with Gasteiger partial charge in [-0.1, -0.05) is 13.8 Å². The summed E-state index contributed by atoms with van der Waals surface area (Å²) >= 11 is 1.81. The van der Waals surface area contributed by atoms with Crippen molar-refractivity contribution in [2.24, 2.45) is 0 Å². The molecule has 62 valence electrons. The second kappa shape index (κ2) is 2.87. The fourth-order valence-electron chi connectivity index (χ4n) is 1.18. The van der Waals surface area contributed by atoms with Crippen molar-refractivity contribution in [1.82, 2.24) is 4.98 Å². The summed E-state index contributed by atoms with van der Waals surface area (Å²) in [7, 11) is 0. The molecule has 0 radical (unpaired) electrons. The molecule has 0 fully saturated rings. The van der Waals surface area contributed by atoms with Crippen molar-refractivity contribution in [2.75, 3.05) is 0 Å². The van der Waals surface area contributed by atoms with Crippen LogP contribution in [-0.2, 0) is 0 Å². The highest BCUT2D eigenvalue weighted by Crippen LogP contribution is 2.28. The molecule has 2 aliphatic heterocycles. The van der Waals surface area contributed by atoms with Crippen LogP contribution in [0.3, 0.4) is 0 Å². The third-order valence-corrected chi connectivity index (χ3v) is 3.17. The highest BCUT2D eigenvalue weighted by molar-refractivity contribution is 7.10. The number of fused-ring (bicyclic) bond motifs is 1. The predicted octanol–water partition coefficient (Wildman–Crippen LogP) is 3.37. The molecule has 0 amide bonds. The van der Waals surface area contributed by atoms with Gasteiger partial charge in [0.1, 0.15) is 0 Å². The highest BCUT2D eigenvalue weighted by atomic mass is 32.1. The van der Waals surface area contributed by atoms with Crippen LogP contribution in [0.2, 0.25) is 0 Å². The molecular weight excluding hydrogens is 166 g/mol. The van der Waals surface area contributed by atoms with Gasteiger partial charge in [-0.15, -0.1) is 11.3 Å². The Labute approximate surface area is 76.4 Å². The van der Waals surface area contributed by atoms with Crippen LogP contribution in [0.1, 0.15) is 24.6 Å². The zero-order valence-electron chi connectivity index (χ0n) is 7.24. The Bertz CT molecular complexity index is 351. The molecule has 0 aliphatic carbocycles. The van der Waals surface area contributed by atoms with Crippen LogP contribution in [0, 0.1) is 0 Å². The first-order chi connectivity index (χ1) is 5.77. The molecule has 2 aliphatic rings. The van der Waals surface area contributed by atoms with Crippen LogP contribution in [0.25, 0.3) is 11.3 Å². The van der Waals surface area contributed by atoms with Crippen molar-refractivity contribution in [1.29, 1.82) is 0 Å². The monoisotopic (exact) mass is 177 g/mol. The molecule has 0 saturated heterocycles. The SMILES string of the molecule is CC(C)c1cc2nccc-2cs1. The van der Waals surface area contributed by atoms with E-state index in [-0.39, 0.29) is 0 Å². The summed E-state index contributed by atoms with van der Waals surface area (Å²) < 4.78 is 0. The van der Waals surface area contributed by atoms with Crippen LogP contribution in [0.5, 0.6) is 0 Å². The van der Waals surface area contributed by atoms with E-state index in [1.807, 2.05) is 17.5 Å². The lowest BCUT2D eigenvalue weighted by molar-refractivity contribution is 0.888. The molecule has 0 aromatic heterocycles. The van der Waals surface area contributed by atoms with Gasteiger partial charge < -0.3 is 0 Å². The molecular formula is C10H11NS. The third-order valence-electron chi connectivity index (χ3n) is 1.93. The van der Waals surface area contributed by atoms with Gasteiger partial charge in [0.2, 0.25) is 0 Å². The lowest BCUT2D eigenvalue weighted by Gasteiger charge is -2.05. The smallest absolute Gasteiger partial charge is 0.0721 e. The minimum Gasteiger partial charge on any atom is -0.256 e. The molecule has 0 unspecified atom stereocenters. The molecule has 2 heteroatoms. The van der Waals surface area contributed by atoms with Crippen molar-refractivity contribution in [3.63, 3.8) is 0 Å². The zero-order chi connectivity index (χ0) is 8.55. The maximum atomic E-state index is 4.27. The Kier molecular flexibility index (Phi) is 1.85. The van der Waals surface area contributed by atoms with E-state index in [9.17, 15) is 0 Å². The number of aromatic nitrogens is 1. The molecule has 0 atom stereocenters. The van der Waals surface area contributed by atoms with Crippen molar-refractivity contribution in [2.45, 2.75) is 19.8 Å². The summed E-state index contributed by atoms with van der Waals surface area (Å²) in [5, 5.41) is 2.18. The molecule has 1 nitrogen and oxygen atoms in total. The zero-order valence-corrected chi connectivity index (χ0v) is 8.06. The van der Waals surface area contributed by atoms with Gasteiger partial charge in [0.15, 0.2) is 0 Å². The van der Waals surface area contributed by atoms with Crippen molar-refractivity contribution >= 4 is 11.3 Å². The number of hydrogen-bond donors (Lipinski definition) is 0. The fraction of sp³-hybridized carbons (Fsp3) is 0.300. The summed E-state index contributed by atoms with van der Waals surface area (Å²) in [6, 6.07) is 4.24. The standard InChI is InChI=1S/C10H11NS/c1-7(2)10-5-9-8(6-12-10)3-4-11-9/h3-7H,1-2H3. The van der Waals surface area contributed by atoms with Crippen LogP contribution in [0.15, 0.2) is 23.7 Å². The lowest BCUT2D eigenvalue weighted by atomic mass is 10.1. The van der Waals surface area contributed by atoms with E-state index in [4.69, 9.17) is 0 Å². The van der Waals surface area contributed by atoms with E-state index in [1.54, 1.807) is 0 Å². The molecule has 0 N–H and O–H groups in total. The van der Waals surface area contributed by atoms with Crippen molar-refractivity contribution < 1.29 is 0 Å². The van der Waals surface area contributed by atoms with Gasteiger partial charge in [0.25, 0.3) is 0 Å². The minimum atomic E-state index is 0.607. The first-order valence-corrected chi connectivity index (χ1v) is 4.98. The molecule has 0 bridgehead atoms. The summed E-state index contributed by atoms with van der Waals surface area (Å²) in [6.07, 6.45) is 1.86. The normalized spacial score (nSPS) is 11.2. The molecule has 2 rings (SSSR count). The van der Waals surface area contributed by atoms with Crippen LogP contribution in [-0.4, -0.2) is 4.98 Å². The van der Waals surface area contributed by atoms with Gasteiger partial charge in [0.05, 0.1) is 5.69 Å². The van der Waals surface area contributed by atoms with Crippen LogP contribution in [0.4, 0.5) is 0 Å². The van der Waals surface area contributed by atoms with Gasteiger partial charge >= 0.3 is 0 Å². The van der Waals surface area contributed by atoms with Crippen LogP contribution < -0.4 is 0 Å². The third kappa shape index (κ3) is 1.23. The van der Waals surface area contributed by atoms with Crippen LogP contribution >= 0.6 is 11.3 Å². The van der Waals surface area contributed by atoms with Gasteiger partial charge in [-0.25, -0.2) is 0 Å². The van der Waals surface area contributed by atoms with Crippen molar-refractivity contribution in [3.8, 4) is 11.3 Å². The van der Waals surface area contributed by atoms with E-state index in [0.29, 0.717) is 5.92 Å².